The molecular formula is C12H17FINO2S. The molecule has 1 aromatic carbocycles. The molecule has 0 aliphatic carbocycles. The molecule has 1 N–H and O–H groups in total. The average Bonchev–Trinajstić information content (AvgIpc) is 2.33. The minimum absolute atomic E-state index is 0.0187. The molecule has 0 heterocycles. The van der Waals surface area contributed by atoms with Crippen LogP contribution >= 0.6 is 22.6 Å². The fourth-order valence-corrected chi connectivity index (χ4v) is 3.14. The molecule has 1 aromatic rings. The van der Waals surface area contributed by atoms with Gasteiger partial charge in [0.25, 0.3) is 0 Å². The van der Waals surface area contributed by atoms with Crippen molar-refractivity contribution >= 4 is 32.6 Å². The van der Waals surface area contributed by atoms with Crippen molar-refractivity contribution in [2.45, 2.75) is 30.6 Å². The van der Waals surface area contributed by atoms with Crippen molar-refractivity contribution in [3.63, 3.8) is 0 Å². The van der Waals surface area contributed by atoms with Crippen LogP contribution in [-0.4, -0.2) is 19.4 Å². The molecule has 0 aromatic heterocycles. The summed E-state index contributed by atoms with van der Waals surface area (Å²) in [6.07, 6.45) is 4.10. The van der Waals surface area contributed by atoms with Crippen LogP contribution in [0.15, 0.2) is 29.2 Å². The Kier molecular flexibility index (Phi) is 7.10. The number of unbranched alkanes of at least 4 members (excludes halogenated alkanes) is 3. The van der Waals surface area contributed by atoms with Gasteiger partial charge in [-0.3, -0.25) is 0 Å². The molecule has 0 atom stereocenters. The molecule has 0 fully saturated rings. The lowest BCUT2D eigenvalue weighted by atomic mass is 10.2. The maximum Gasteiger partial charge on any atom is 0.240 e. The molecule has 0 radical (unpaired) electrons. The van der Waals surface area contributed by atoms with Gasteiger partial charge in [-0.1, -0.05) is 41.5 Å². The maximum atomic E-state index is 12.9. The van der Waals surface area contributed by atoms with E-state index in [1.807, 2.05) is 0 Å². The Labute approximate surface area is 121 Å². The van der Waals surface area contributed by atoms with Crippen LogP contribution < -0.4 is 4.72 Å². The fraction of sp³-hybridized carbons (Fsp3) is 0.500. The first kappa shape index (κ1) is 15.8. The zero-order chi connectivity index (χ0) is 13.4. The molecule has 0 bridgehead atoms. The normalized spacial score (nSPS) is 11.7. The first-order valence-corrected chi connectivity index (χ1v) is 8.88. The SMILES string of the molecule is O=S(=O)(NCCCCCCI)c1cccc(F)c1. The summed E-state index contributed by atoms with van der Waals surface area (Å²) < 4.78 is 40.1. The Hall–Kier alpha value is -0.210. The van der Waals surface area contributed by atoms with E-state index < -0.39 is 15.8 Å². The number of nitrogens with one attached hydrogen (secondary N) is 1. The van der Waals surface area contributed by atoms with Gasteiger partial charge >= 0.3 is 0 Å². The van der Waals surface area contributed by atoms with Gasteiger partial charge in [0.15, 0.2) is 0 Å². The molecule has 0 amide bonds. The Morgan fingerprint density at radius 3 is 2.56 bits per heavy atom. The largest absolute Gasteiger partial charge is 0.240 e. The van der Waals surface area contributed by atoms with Gasteiger partial charge in [-0.05, 0) is 35.5 Å². The van der Waals surface area contributed by atoms with E-state index in [0.29, 0.717) is 6.54 Å². The molecule has 6 heteroatoms. The number of rotatable bonds is 8. The number of halogens is 2. The summed E-state index contributed by atoms with van der Waals surface area (Å²) in [6, 6.07) is 5.03. The Balaban J connectivity index is 2.41. The van der Waals surface area contributed by atoms with E-state index in [-0.39, 0.29) is 4.90 Å². The topological polar surface area (TPSA) is 46.2 Å². The third-order valence-corrected chi connectivity index (χ3v) is 4.68. The summed E-state index contributed by atoms with van der Waals surface area (Å²) in [4.78, 5) is -0.0187. The number of sulfonamides is 1. The second-order valence-electron chi connectivity index (χ2n) is 3.96. The molecule has 0 saturated carbocycles. The second-order valence-corrected chi connectivity index (χ2v) is 6.80. The summed E-state index contributed by atoms with van der Waals surface area (Å²) in [5.74, 6) is -0.542. The second kappa shape index (κ2) is 8.06. The van der Waals surface area contributed by atoms with Crippen molar-refractivity contribution in [2.75, 3.05) is 11.0 Å². The molecule has 18 heavy (non-hydrogen) atoms. The number of hydrogen-bond acceptors (Lipinski definition) is 2. The Morgan fingerprint density at radius 1 is 1.17 bits per heavy atom. The van der Waals surface area contributed by atoms with Gasteiger partial charge < -0.3 is 0 Å². The summed E-state index contributed by atoms with van der Waals surface area (Å²) in [5, 5.41) is 0. The predicted molar refractivity (Wildman–Crippen MR) is 78.9 cm³/mol. The average molecular weight is 385 g/mol. The third kappa shape index (κ3) is 5.62. The number of benzene rings is 1. The summed E-state index contributed by atoms with van der Waals surface area (Å²) in [7, 11) is -3.57. The van der Waals surface area contributed by atoms with Crippen molar-refractivity contribution in [1.82, 2.24) is 4.72 Å². The van der Waals surface area contributed by atoms with E-state index in [0.717, 1.165) is 36.2 Å². The summed E-state index contributed by atoms with van der Waals surface area (Å²) in [6.45, 7) is 0.403. The van der Waals surface area contributed by atoms with E-state index in [4.69, 9.17) is 0 Å². The van der Waals surface area contributed by atoms with Crippen LogP contribution in [0.5, 0.6) is 0 Å². The molecule has 1 rings (SSSR count). The standard InChI is InChI=1S/C12H17FINO2S/c13-11-6-5-7-12(10-11)18(16,17)15-9-4-2-1-3-8-14/h5-7,10,15H,1-4,8-9H2. The molecule has 3 nitrogen and oxygen atoms in total. The zero-order valence-electron chi connectivity index (χ0n) is 10.0. The minimum Gasteiger partial charge on any atom is -0.211 e. The highest BCUT2D eigenvalue weighted by Crippen LogP contribution is 2.10. The van der Waals surface area contributed by atoms with E-state index in [9.17, 15) is 12.8 Å². The van der Waals surface area contributed by atoms with Gasteiger partial charge in [0.1, 0.15) is 5.82 Å². The fourth-order valence-electron chi connectivity index (χ4n) is 1.50. The van der Waals surface area contributed by atoms with Crippen LogP contribution in [0, 0.1) is 5.82 Å². The highest BCUT2D eigenvalue weighted by Gasteiger charge is 2.13. The molecule has 0 unspecified atom stereocenters. The van der Waals surface area contributed by atoms with Crippen LogP contribution in [0.1, 0.15) is 25.7 Å². The van der Waals surface area contributed by atoms with Gasteiger partial charge in [0, 0.05) is 6.54 Å². The van der Waals surface area contributed by atoms with Crippen molar-refractivity contribution < 1.29 is 12.8 Å². The van der Waals surface area contributed by atoms with Gasteiger partial charge in [-0.15, -0.1) is 0 Å². The first-order chi connectivity index (χ1) is 8.56. The van der Waals surface area contributed by atoms with E-state index in [2.05, 4.69) is 27.3 Å². The monoisotopic (exact) mass is 385 g/mol. The molecule has 0 aliphatic heterocycles. The van der Waals surface area contributed by atoms with Gasteiger partial charge in [0.05, 0.1) is 4.90 Å². The van der Waals surface area contributed by atoms with Gasteiger partial charge in [-0.25, -0.2) is 17.5 Å². The van der Waals surface area contributed by atoms with Crippen molar-refractivity contribution in [3.05, 3.63) is 30.1 Å². The van der Waals surface area contributed by atoms with Crippen molar-refractivity contribution in [1.29, 1.82) is 0 Å². The Morgan fingerprint density at radius 2 is 1.89 bits per heavy atom. The lowest BCUT2D eigenvalue weighted by Gasteiger charge is -2.06. The lowest BCUT2D eigenvalue weighted by Crippen LogP contribution is -2.24. The van der Waals surface area contributed by atoms with Gasteiger partial charge in [0.2, 0.25) is 10.0 Å². The zero-order valence-corrected chi connectivity index (χ0v) is 13.0. The molecule has 0 aliphatic rings. The highest BCUT2D eigenvalue weighted by atomic mass is 127. The Bertz CT molecular complexity index is 465. The summed E-state index contributed by atoms with van der Waals surface area (Å²) in [5.41, 5.74) is 0. The molecule has 0 saturated heterocycles. The summed E-state index contributed by atoms with van der Waals surface area (Å²) >= 11 is 2.33. The quantitative estimate of drug-likeness (QED) is 0.425. The lowest BCUT2D eigenvalue weighted by molar-refractivity contribution is 0.571. The predicted octanol–water partition coefficient (Wildman–Crippen LogP) is 3.10. The smallest absolute Gasteiger partial charge is 0.211 e. The number of alkyl halides is 1. The van der Waals surface area contributed by atoms with Gasteiger partial charge in [-0.2, -0.15) is 0 Å². The van der Waals surface area contributed by atoms with E-state index in [1.54, 1.807) is 0 Å². The third-order valence-electron chi connectivity index (χ3n) is 2.46. The van der Waals surface area contributed by atoms with E-state index >= 15 is 0 Å². The van der Waals surface area contributed by atoms with Crippen molar-refractivity contribution in [3.8, 4) is 0 Å². The molecule has 0 spiro atoms. The maximum absolute atomic E-state index is 12.9. The van der Waals surface area contributed by atoms with Crippen LogP contribution in [0.4, 0.5) is 4.39 Å². The first-order valence-electron chi connectivity index (χ1n) is 5.87. The van der Waals surface area contributed by atoms with Crippen LogP contribution in [-0.2, 0) is 10.0 Å². The molecule has 102 valence electrons. The van der Waals surface area contributed by atoms with Crippen LogP contribution in [0.2, 0.25) is 0 Å². The van der Waals surface area contributed by atoms with Crippen LogP contribution in [0.3, 0.4) is 0 Å². The van der Waals surface area contributed by atoms with E-state index in [1.165, 1.54) is 18.2 Å². The highest BCUT2D eigenvalue weighted by molar-refractivity contribution is 14.1. The number of hydrogen-bond donors (Lipinski definition) is 1. The minimum atomic E-state index is -3.57. The van der Waals surface area contributed by atoms with Crippen LogP contribution in [0.25, 0.3) is 0 Å². The molecular weight excluding hydrogens is 368 g/mol. The van der Waals surface area contributed by atoms with Crippen molar-refractivity contribution in [2.24, 2.45) is 0 Å².